The van der Waals surface area contributed by atoms with Crippen molar-refractivity contribution in [2.24, 2.45) is 0 Å². The van der Waals surface area contributed by atoms with Gasteiger partial charge in [-0.15, -0.1) is 12.8 Å². The molecule has 0 aromatic heterocycles. The summed E-state index contributed by atoms with van der Waals surface area (Å²) in [6.45, 7) is 11.1. The summed E-state index contributed by atoms with van der Waals surface area (Å²) in [6.07, 6.45) is 9.50. The molecule has 0 saturated heterocycles. The molecule has 3 heteroatoms. The number of hydrogen-bond donors (Lipinski definition) is 1. The Kier molecular flexibility index (Phi) is 9.41. The van der Waals surface area contributed by atoms with Crippen LogP contribution in [0.4, 0.5) is 0 Å². The van der Waals surface area contributed by atoms with E-state index >= 15 is 0 Å². The van der Waals surface area contributed by atoms with Gasteiger partial charge in [0.05, 0.1) is 0 Å². The van der Waals surface area contributed by atoms with E-state index < -0.39 is 0 Å². The number of benzene rings is 2. The molecule has 0 amide bonds. The molecule has 2 aromatic rings. The first-order chi connectivity index (χ1) is 14.7. The normalized spacial score (nSPS) is 15.1. The van der Waals surface area contributed by atoms with Crippen molar-refractivity contribution in [3.63, 3.8) is 0 Å². The van der Waals surface area contributed by atoms with Crippen molar-refractivity contribution in [2.45, 2.75) is 63.8 Å². The van der Waals surface area contributed by atoms with Crippen LogP contribution in [0.15, 0.2) is 36.4 Å². The minimum absolute atomic E-state index is 0.0640. The summed E-state index contributed by atoms with van der Waals surface area (Å²) in [5.74, 6) is 7.69. The van der Waals surface area contributed by atoms with Crippen LogP contribution < -0.4 is 4.74 Å². The predicted molar refractivity (Wildman–Crippen MR) is 138 cm³/mol. The zero-order chi connectivity index (χ0) is 23.7. The standard InChI is InChI=1S/C24H27BrO.C2H2.CH4S/c1-6-17-7-9-18(10-8-17)11-12-19-13-20(15-25)22-21(14-19)23(2,3)16-24(4,5)26-22;2*1-2/h7-10,13-14H,6,15-16H2,1-5H3;1-2H;2H,1H3/i;1T;. The molecule has 0 bridgehead atoms. The monoisotopic (exact) mass is 486 g/mol. The fourth-order valence-corrected chi connectivity index (χ4v) is 4.34. The first-order valence-corrected chi connectivity index (χ1v) is 12.0. The second-order valence-electron chi connectivity index (χ2n) is 8.37. The van der Waals surface area contributed by atoms with E-state index in [1.54, 1.807) is 6.26 Å². The topological polar surface area (TPSA) is 9.23 Å². The van der Waals surface area contributed by atoms with Gasteiger partial charge in [-0.3, -0.25) is 0 Å². The molecular weight excluding hydrogens is 452 g/mol. The summed E-state index contributed by atoms with van der Waals surface area (Å²) in [7, 11) is 0. The number of hydrogen-bond acceptors (Lipinski definition) is 2. The Morgan fingerprint density at radius 1 is 1.10 bits per heavy atom. The van der Waals surface area contributed by atoms with E-state index in [1.807, 2.05) is 0 Å². The molecule has 30 heavy (non-hydrogen) atoms. The van der Waals surface area contributed by atoms with Gasteiger partial charge in [0, 0.05) is 27.6 Å². The van der Waals surface area contributed by atoms with Crippen LogP contribution in [0, 0.1) is 24.7 Å². The summed E-state index contributed by atoms with van der Waals surface area (Å²) in [5.41, 5.74) is 5.79. The third kappa shape index (κ3) is 6.60. The molecule has 0 spiro atoms. The number of alkyl halides is 1. The molecule has 2 aromatic carbocycles. The van der Waals surface area contributed by atoms with Gasteiger partial charge >= 0.3 is 0 Å². The lowest BCUT2D eigenvalue weighted by molar-refractivity contribution is 0.0524. The van der Waals surface area contributed by atoms with Gasteiger partial charge in [0.1, 0.15) is 12.7 Å². The molecule has 1 aliphatic heterocycles. The molecule has 1 nitrogen and oxygen atoms in total. The number of aryl methyl sites for hydroxylation is 1. The van der Waals surface area contributed by atoms with Crippen LogP contribution in [0.1, 0.15) is 70.2 Å². The van der Waals surface area contributed by atoms with Crippen LogP contribution in [0.3, 0.4) is 0 Å². The van der Waals surface area contributed by atoms with Crippen molar-refractivity contribution in [3.8, 4) is 30.4 Å². The van der Waals surface area contributed by atoms with Gasteiger partial charge in [0.25, 0.3) is 0 Å². The van der Waals surface area contributed by atoms with Crippen molar-refractivity contribution >= 4 is 28.6 Å². The lowest BCUT2D eigenvalue weighted by atomic mass is 9.73. The minimum Gasteiger partial charge on any atom is -0.487 e. The van der Waals surface area contributed by atoms with Gasteiger partial charge in [-0.25, -0.2) is 0 Å². The van der Waals surface area contributed by atoms with E-state index in [1.165, 1.54) is 23.1 Å². The van der Waals surface area contributed by atoms with E-state index in [2.05, 4.69) is 118 Å². The van der Waals surface area contributed by atoms with Crippen molar-refractivity contribution in [1.82, 2.24) is 0 Å². The second-order valence-corrected chi connectivity index (χ2v) is 8.93. The van der Waals surface area contributed by atoms with E-state index in [-0.39, 0.29) is 11.0 Å². The lowest BCUT2D eigenvalue weighted by Gasteiger charge is -2.43. The van der Waals surface area contributed by atoms with E-state index in [4.69, 9.17) is 6.11 Å². The van der Waals surface area contributed by atoms with Crippen LogP contribution in [0.5, 0.6) is 5.75 Å². The second kappa shape index (κ2) is 11.5. The van der Waals surface area contributed by atoms with Crippen LogP contribution in [-0.4, -0.2) is 11.9 Å². The maximum atomic E-state index is 6.34. The average Bonchev–Trinajstić information content (AvgIpc) is 2.73. The largest absolute Gasteiger partial charge is 0.487 e. The van der Waals surface area contributed by atoms with Crippen LogP contribution >= 0.6 is 28.6 Å². The Labute approximate surface area is 199 Å². The van der Waals surface area contributed by atoms with Gasteiger partial charge in [-0.2, -0.15) is 12.6 Å². The molecule has 0 N–H and O–H groups in total. The van der Waals surface area contributed by atoms with E-state index in [9.17, 15) is 0 Å². The zero-order valence-corrected chi connectivity index (χ0v) is 21.4. The Bertz CT molecular complexity index is 960. The maximum absolute atomic E-state index is 6.34. The third-order valence-corrected chi connectivity index (χ3v) is 5.60. The van der Waals surface area contributed by atoms with Crippen LogP contribution in [-0.2, 0) is 17.2 Å². The summed E-state index contributed by atoms with van der Waals surface area (Å²) < 4.78 is 12.1. The Morgan fingerprint density at radius 3 is 2.20 bits per heavy atom. The van der Waals surface area contributed by atoms with E-state index in [0.717, 1.165) is 35.0 Å². The molecule has 1 aliphatic rings. The first-order valence-electron chi connectivity index (χ1n) is 10.5. The highest BCUT2D eigenvalue weighted by Crippen LogP contribution is 2.47. The number of thiol groups is 1. The van der Waals surface area contributed by atoms with Crippen molar-refractivity contribution in [3.05, 3.63) is 64.2 Å². The predicted octanol–water partition coefficient (Wildman–Crippen LogP) is 7.18. The van der Waals surface area contributed by atoms with Crippen molar-refractivity contribution in [2.75, 3.05) is 6.26 Å². The lowest BCUT2D eigenvalue weighted by Crippen LogP contribution is -2.41. The molecule has 0 unspecified atom stereocenters. The fraction of sp³-hybridized carbons (Fsp3) is 0.407. The number of ether oxygens (including phenoxy) is 1. The zero-order valence-electron chi connectivity index (χ0n) is 19.9. The summed E-state index contributed by atoms with van der Waals surface area (Å²) in [6, 6.07) is 12.9. The molecule has 0 radical (unpaired) electrons. The molecule has 0 saturated carbocycles. The smallest absolute Gasteiger partial charge is 0.127 e. The summed E-state index contributed by atoms with van der Waals surface area (Å²) in [4.78, 5) is 0. The minimum atomic E-state index is -0.151. The molecular formula is C27H33BrOS. The maximum Gasteiger partial charge on any atom is 0.127 e. The highest BCUT2D eigenvalue weighted by Gasteiger charge is 2.40. The van der Waals surface area contributed by atoms with Gasteiger partial charge < -0.3 is 4.74 Å². The van der Waals surface area contributed by atoms with Gasteiger partial charge in [0.2, 0.25) is 0 Å². The SMILES string of the molecule is CCc1ccc(C#Cc2cc(CBr)c3c(c2)C(C)(C)CC(C)(C)O3)cc1.CS.[3H]C#C. The molecule has 1 heterocycles. The molecule has 3 rings (SSSR count). The molecule has 0 atom stereocenters. The van der Waals surface area contributed by atoms with Crippen molar-refractivity contribution < 1.29 is 6.11 Å². The Balaban J connectivity index is 0.000000884. The summed E-state index contributed by atoms with van der Waals surface area (Å²) >= 11 is 7.16. The molecule has 160 valence electrons. The molecule has 0 fully saturated rings. The third-order valence-electron chi connectivity index (χ3n) is 5.00. The van der Waals surface area contributed by atoms with Gasteiger partial charge in [-0.1, -0.05) is 60.7 Å². The van der Waals surface area contributed by atoms with Crippen molar-refractivity contribution in [1.29, 1.82) is 0 Å². The van der Waals surface area contributed by atoms with Crippen LogP contribution in [0.25, 0.3) is 0 Å². The highest BCUT2D eigenvalue weighted by molar-refractivity contribution is 9.08. The quantitative estimate of drug-likeness (QED) is 0.268. The van der Waals surface area contributed by atoms with E-state index in [0.29, 0.717) is 0 Å². The highest BCUT2D eigenvalue weighted by atomic mass is 79.9. The van der Waals surface area contributed by atoms with Crippen LogP contribution in [0.2, 0.25) is 0 Å². The number of fused-ring (bicyclic) bond motifs is 1. The number of rotatable bonds is 2. The average molecular weight is 488 g/mol. The molecule has 0 aliphatic carbocycles. The Morgan fingerprint density at radius 2 is 1.67 bits per heavy atom. The summed E-state index contributed by atoms with van der Waals surface area (Å²) in [5, 5.41) is 0.766. The van der Waals surface area contributed by atoms with Gasteiger partial charge in [-0.05, 0) is 68.2 Å². The Hall–Kier alpha value is -1.81. The van der Waals surface area contributed by atoms with Gasteiger partial charge in [0.15, 0.2) is 0 Å². The number of halogens is 1. The first kappa shape index (κ1) is 24.5. The fourth-order valence-electron chi connectivity index (χ4n) is 3.92. The number of terminal acetylenes is 1.